The van der Waals surface area contributed by atoms with Crippen molar-refractivity contribution in [2.75, 3.05) is 18.4 Å². The van der Waals surface area contributed by atoms with Crippen LogP contribution in [-0.4, -0.2) is 36.0 Å². The quantitative estimate of drug-likeness (QED) is 0.882. The molecule has 1 aliphatic rings. The Labute approximate surface area is 125 Å². The van der Waals surface area contributed by atoms with Crippen molar-refractivity contribution < 1.29 is 4.79 Å². The molecule has 0 saturated carbocycles. The monoisotopic (exact) mass is 286 g/mol. The molecular weight excluding hydrogens is 264 g/mol. The molecule has 0 radical (unpaired) electrons. The summed E-state index contributed by atoms with van der Waals surface area (Å²) < 4.78 is 0. The predicted molar refractivity (Wildman–Crippen MR) is 82.6 cm³/mol. The van der Waals surface area contributed by atoms with Crippen molar-refractivity contribution in [2.45, 2.75) is 38.3 Å². The van der Waals surface area contributed by atoms with Gasteiger partial charge < -0.3 is 11.1 Å². The van der Waals surface area contributed by atoms with E-state index in [0.717, 1.165) is 12.8 Å². The van der Waals surface area contributed by atoms with Crippen LogP contribution in [-0.2, 0) is 4.79 Å². The third-order valence-corrected chi connectivity index (χ3v) is 4.11. The standard InChI is InChI=1S/C16H22N4O/c1-12-5-4-7-14(10-18)20(12)11-16(21)19-15-8-3-2-6-13(15)9-17/h2-3,6,8,12,14H,4-5,7,10-11,18H2,1H3,(H,19,21). The molecule has 21 heavy (non-hydrogen) atoms. The largest absolute Gasteiger partial charge is 0.329 e. The molecule has 2 unspecified atom stereocenters. The number of hydrogen-bond acceptors (Lipinski definition) is 4. The van der Waals surface area contributed by atoms with Crippen LogP contribution < -0.4 is 11.1 Å². The maximum absolute atomic E-state index is 12.3. The lowest BCUT2D eigenvalue weighted by molar-refractivity contribution is -0.118. The van der Waals surface area contributed by atoms with Gasteiger partial charge in [-0.05, 0) is 31.9 Å². The minimum Gasteiger partial charge on any atom is -0.329 e. The Morgan fingerprint density at radius 3 is 2.95 bits per heavy atom. The van der Waals surface area contributed by atoms with Crippen LogP contribution in [0.25, 0.3) is 0 Å². The number of benzene rings is 1. The lowest BCUT2D eigenvalue weighted by Gasteiger charge is -2.39. The van der Waals surface area contributed by atoms with E-state index < -0.39 is 0 Å². The van der Waals surface area contributed by atoms with Gasteiger partial charge in [0.05, 0.1) is 17.8 Å². The van der Waals surface area contributed by atoms with Crippen LogP contribution in [0.5, 0.6) is 0 Å². The van der Waals surface area contributed by atoms with Gasteiger partial charge in [-0.2, -0.15) is 5.26 Å². The molecular formula is C16H22N4O. The lowest BCUT2D eigenvalue weighted by atomic mass is 9.96. The number of nitrogens with one attached hydrogen (secondary N) is 1. The molecule has 1 saturated heterocycles. The molecule has 0 bridgehead atoms. The van der Waals surface area contributed by atoms with Crippen LogP contribution in [0.1, 0.15) is 31.7 Å². The fourth-order valence-electron chi connectivity index (χ4n) is 2.92. The number of para-hydroxylation sites is 1. The van der Waals surface area contributed by atoms with Gasteiger partial charge in [-0.3, -0.25) is 9.69 Å². The lowest BCUT2D eigenvalue weighted by Crippen LogP contribution is -2.51. The van der Waals surface area contributed by atoms with E-state index in [2.05, 4.69) is 23.2 Å². The molecule has 0 spiro atoms. The first-order valence-electron chi connectivity index (χ1n) is 7.40. The van der Waals surface area contributed by atoms with Crippen molar-refractivity contribution in [1.82, 2.24) is 4.90 Å². The van der Waals surface area contributed by atoms with Crippen molar-refractivity contribution in [3.63, 3.8) is 0 Å². The highest BCUT2D eigenvalue weighted by Crippen LogP contribution is 2.22. The molecule has 1 aliphatic heterocycles. The van der Waals surface area contributed by atoms with E-state index in [4.69, 9.17) is 11.0 Å². The first-order valence-corrected chi connectivity index (χ1v) is 7.40. The van der Waals surface area contributed by atoms with Gasteiger partial charge >= 0.3 is 0 Å². The van der Waals surface area contributed by atoms with Gasteiger partial charge in [0.1, 0.15) is 6.07 Å². The van der Waals surface area contributed by atoms with Crippen LogP contribution in [0, 0.1) is 11.3 Å². The van der Waals surface area contributed by atoms with Crippen LogP contribution in [0.4, 0.5) is 5.69 Å². The molecule has 1 amide bonds. The summed E-state index contributed by atoms with van der Waals surface area (Å²) in [5.41, 5.74) is 6.86. The summed E-state index contributed by atoms with van der Waals surface area (Å²) in [5, 5.41) is 11.9. The van der Waals surface area contributed by atoms with E-state index in [1.807, 2.05) is 6.07 Å². The second-order valence-corrected chi connectivity index (χ2v) is 5.55. The zero-order valence-corrected chi connectivity index (χ0v) is 12.4. The molecule has 0 aromatic heterocycles. The molecule has 5 heteroatoms. The summed E-state index contributed by atoms with van der Waals surface area (Å²) >= 11 is 0. The van der Waals surface area contributed by atoms with Gasteiger partial charge in [0.2, 0.25) is 5.91 Å². The number of anilines is 1. The van der Waals surface area contributed by atoms with Gasteiger partial charge in [0.15, 0.2) is 0 Å². The molecule has 1 aromatic rings. The highest BCUT2D eigenvalue weighted by molar-refractivity contribution is 5.93. The fraction of sp³-hybridized carbons (Fsp3) is 0.500. The topological polar surface area (TPSA) is 82.2 Å². The third kappa shape index (κ3) is 3.81. The number of carbonyl (C=O) groups excluding carboxylic acids is 1. The first kappa shape index (κ1) is 15.5. The molecule has 5 nitrogen and oxygen atoms in total. The summed E-state index contributed by atoms with van der Waals surface area (Å²) in [5.74, 6) is -0.0927. The average molecular weight is 286 g/mol. The third-order valence-electron chi connectivity index (χ3n) is 4.11. The molecule has 3 N–H and O–H groups in total. The van der Waals surface area contributed by atoms with Crippen LogP contribution in [0.2, 0.25) is 0 Å². The zero-order chi connectivity index (χ0) is 15.2. The number of likely N-dealkylation sites (tertiary alicyclic amines) is 1. The molecule has 1 fully saturated rings. The summed E-state index contributed by atoms with van der Waals surface area (Å²) in [6.45, 7) is 3.04. The molecule has 0 aliphatic carbocycles. The first-order chi connectivity index (χ1) is 10.2. The van der Waals surface area contributed by atoms with E-state index in [-0.39, 0.29) is 11.9 Å². The Bertz CT molecular complexity index is 537. The number of rotatable bonds is 4. The van der Waals surface area contributed by atoms with Crippen molar-refractivity contribution in [3.05, 3.63) is 29.8 Å². The summed E-state index contributed by atoms with van der Waals surface area (Å²) in [7, 11) is 0. The molecule has 2 rings (SSSR count). The second-order valence-electron chi connectivity index (χ2n) is 5.55. The van der Waals surface area contributed by atoms with Crippen LogP contribution in [0.15, 0.2) is 24.3 Å². The van der Waals surface area contributed by atoms with E-state index in [1.165, 1.54) is 6.42 Å². The Morgan fingerprint density at radius 2 is 2.24 bits per heavy atom. The second kappa shape index (κ2) is 7.21. The Kier molecular flexibility index (Phi) is 5.32. The highest BCUT2D eigenvalue weighted by Gasteiger charge is 2.28. The van der Waals surface area contributed by atoms with Gasteiger partial charge in [0.25, 0.3) is 0 Å². The van der Waals surface area contributed by atoms with Gasteiger partial charge in [-0.25, -0.2) is 0 Å². The maximum atomic E-state index is 12.3. The van der Waals surface area contributed by atoms with Crippen LogP contribution >= 0.6 is 0 Å². The molecule has 1 heterocycles. The van der Waals surface area contributed by atoms with Gasteiger partial charge in [0, 0.05) is 18.6 Å². The number of carbonyl (C=O) groups is 1. The molecule has 112 valence electrons. The van der Waals surface area contributed by atoms with Gasteiger partial charge in [-0.1, -0.05) is 18.6 Å². The van der Waals surface area contributed by atoms with E-state index >= 15 is 0 Å². The predicted octanol–water partition coefficient (Wildman–Crippen LogP) is 1.70. The SMILES string of the molecule is CC1CCCC(CN)N1CC(=O)Nc1ccccc1C#N. The molecule has 2 atom stereocenters. The Hall–Kier alpha value is -1.90. The number of piperidine rings is 1. The summed E-state index contributed by atoms with van der Waals surface area (Å²) in [6, 6.07) is 9.75. The maximum Gasteiger partial charge on any atom is 0.238 e. The normalized spacial score (nSPS) is 22.5. The number of hydrogen-bond donors (Lipinski definition) is 2. The van der Waals surface area contributed by atoms with E-state index in [1.54, 1.807) is 18.2 Å². The van der Waals surface area contributed by atoms with E-state index in [0.29, 0.717) is 30.4 Å². The Morgan fingerprint density at radius 1 is 1.48 bits per heavy atom. The van der Waals surface area contributed by atoms with Gasteiger partial charge in [-0.15, -0.1) is 0 Å². The number of amides is 1. The van der Waals surface area contributed by atoms with E-state index in [9.17, 15) is 4.79 Å². The number of nitrogens with zero attached hydrogens (tertiary/aromatic N) is 2. The summed E-state index contributed by atoms with van der Waals surface area (Å²) in [4.78, 5) is 14.4. The Balaban J connectivity index is 2.02. The summed E-state index contributed by atoms with van der Waals surface area (Å²) in [6.07, 6.45) is 3.31. The van der Waals surface area contributed by atoms with Crippen molar-refractivity contribution in [2.24, 2.45) is 5.73 Å². The minimum absolute atomic E-state index is 0.0927. The zero-order valence-electron chi connectivity index (χ0n) is 12.4. The fourth-order valence-corrected chi connectivity index (χ4v) is 2.92. The van der Waals surface area contributed by atoms with Crippen molar-refractivity contribution in [1.29, 1.82) is 5.26 Å². The average Bonchev–Trinajstić information content (AvgIpc) is 2.49. The number of nitrogens with two attached hydrogens (primary N) is 1. The minimum atomic E-state index is -0.0927. The van der Waals surface area contributed by atoms with Crippen molar-refractivity contribution >= 4 is 11.6 Å². The molecule has 1 aromatic carbocycles. The number of nitriles is 1. The van der Waals surface area contributed by atoms with Crippen LogP contribution in [0.3, 0.4) is 0 Å². The highest BCUT2D eigenvalue weighted by atomic mass is 16.2. The smallest absolute Gasteiger partial charge is 0.238 e. The van der Waals surface area contributed by atoms with Crippen molar-refractivity contribution in [3.8, 4) is 6.07 Å².